The van der Waals surface area contributed by atoms with Crippen molar-refractivity contribution < 1.29 is 4.79 Å². The molecule has 1 aromatic heterocycles. The van der Waals surface area contributed by atoms with Crippen molar-refractivity contribution in [1.29, 1.82) is 0 Å². The van der Waals surface area contributed by atoms with Crippen LogP contribution in [0.2, 0.25) is 5.02 Å². The van der Waals surface area contributed by atoms with Crippen LogP contribution in [0.4, 0.5) is 11.6 Å². The molecule has 1 aliphatic heterocycles. The molecular weight excluding hydrogens is 388 g/mol. The molecule has 154 valence electrons. The van der Waals surface area contributed by atoms with Crippen molar-refractivity contribution in [2.24, 2.45) is 5.73 Å². The number of anilines is 2. The van der Waals surface area contributed by atoms with Crippen molar-refractivity contribution in [3.63, 3.8) is 0 Å². The molecule has 2 aromatic rings. The quantitative estimate of drug-likeness (QED) is 0.752. The first-order valence-electron chi connectivity index (χ1n) is 10.2. The first-order valence-corrected chi connectivity index (χ1v) is 10.6. The molecule has 0 spiro atoms. The Morgan fingerprint density at radius 3 is 2.45 bits per heavy atom. The first kappa shape index (κ1) is 19.9. The van der Waals surface area contributed by atoms with Crippen molar-refractivity contribution in [3.8, 4) is 0 Å². The average Bonchev–Trinajstić information content (AvgIpc) is 3.57. The highest BCUT2D eigenvalue weighted by atomic mass is 35.5. The van der Waals surface area contributed by atoms with Gasteiger partial charge in [-0.3, -0.25) is 4.79 Å². The smallest absolute Gasteiger partial charge is 0.230 e. The van der Waals surface area contributed by atoms with Crippen molar-refractivity contribution in [2.75, 3.05) is 43.4 Å². The molecule has 1 amide bonds. The molecule has 29 heavy (non-hydrogen) atoms. The van der Waals surface area contributed by atoms with E-state index in [2.05, 4.69) is 14.9 Å². The number of piperazine rings is 1. The van der Waals surface area contributed by atoms with Crippen LogP contribution in [0.15, 0.2) is 30.6 Å². The molecule has 1 aliphatic carbocycles. The lowest BCUT2D eigenvalue weighted by atomic mass is 9.94. The second-order valence-electron chi connectivity index (χ2n) is 7.76. The van der Waals surface area contributed by atoms with E-state index in [0.717, 1.165) is 42.9 Å². The van der Waals surface area contributed by atoms with Gasteiger partial charge in [-0.15, -0.1) is 0 Å². The summed E-state index contributed by atoms with van der Waals surface area (Å²) in [6.45, 7) is 3.24. The number of carbonyl (C=O) groups is 1. The van der Waals surface area contributed by atoms with Crippen LogP contribution in [0.5, 0.6) is 0 Å². The number of rotatable bonds is 6. The van der Waals surface area contributed by atoms with Crippen LogP contribution in [0, 0.1) is 0 Å². The van der Waals surface area contributed by atoms with Crippen molar-refractivity contribution >= 4 is 29.1 Å². The Labute approximate surface area is 176 Å². The molecule has 1 atom stereocenters. The maximum absolute atomic E-state index is 13.2. The van der Waals surface area contributed by atoms with Gasteiger partial charge >= 0.3 is 0 Å². The van der Waals surface area contributed by atoms with Gasteiger partial charge in [-0.1, -0.05) is 23.7 Å². The summed E-state index contributed by atoms with van der Waals surface area (Å²) in [4.78, 5) is 26.1. The second kappa shape index (κ2) is 8.55. The Hall–Kier alpha value is -2.38. The average molecular weight is 415 g/mol. The van der Waals surface area contributed by atoms with Gasteiger partial charge in [0.25, 0.3) is 0 Å². The molecule has 2 heterocycles. The zero-order valence-electron chi connectivity index (χ0n) is 16.4. The van der Waals surface area contributed by atoms with Gasteiger partial charge in [0.05, 0.1) is 5.92 Å². The minimum absolute atomic E-state index is 0.127. The maximum Gasteiger partial charge on any atom is 0.230 e. The van der Waals surface area contributed by atoms with Crippen molar-refractivity contribution in [3.05, 3.63) is 46.7 Å². The van der Waals surface area contributed by atoms with Gasteiger partial charge in [-0.05, 0) is 49.4 Å². The third-order valence-corrected chi connectivity index (χ3v) is 6.05. The maximum atomic E-state index is 13.2. The summed E-state index contributed by atoms with van der Waals surface area (Å²) in [7, 11) is 0. The number of nitrogen functional groups attached to an aromatic ring is 1. The Balaban J connectivity index is 1.45. The van der Waals surface area contributed by atoms with Crippen LogP contribution in [0.1, 0.15) is 42.2 Å². The van der Waals surface area contributed by atoms with E-state index in [1.165, 1.54) is 6.33 Å². The summed E-state index contributed by atoms with van der Waals surface area (Å²) in [5, 5.41) is 0.664. The number of hydrogen-bond acceptors (Lipinski definition) is 6. The molecule has 2 aliphatic rings. The van der Waals surface area contributed by atoms with E-state index in [4.69, 9.17) is 23.1 Å². The zero-order chi connectivity index (χ0) is 20.4. The normalized spacial score (nSPS) is 18.0. The molecule has 0 radical (unpaired) electrons. The van der Waals surface area contributed by atoms with Gasteiger partial charge in [-0.25, -0.2) is 9.97 Å². The van der Waals surface area contributed by atoms with Crippen LogP contribution >= 0.6 is 11.6 Å². The fourth-order valence-corrected chi connectivity index (χ4v) is 4.19. The number of carbonyl (C=O) groups excluding carboxylic acids is 1. The fraction of sp³-hybridized carbons (Fsp3) is 0.476. The number of nitrogens with two attached hydrogens (primary N) is 2. The van der Waals surface area contributed by atoms with Gasteiger partial charge in [0, 0.05) is 36.8 Å². The van der Waals surface area contributed by atoms with E-state index in [9.17, 15) is 4.79 Å². The molecular formula is C21H27ClN6O. The highest BCUT2D eigenvalue weighted by Crippen LogP contribution is 2.45. The molecule has 4 rings (SSSR count). The number of amides is 1. The summed E-state index contributed by atoms with van der Waals surface area (Å²) in [6.07, 6.45) is 4.44. The van der Waals surface area contributed by atoms with Gasteiger partial charge in [-0.2, -0.15) is 0 Å². The van der Waals surface area contributed by atoms with Crippen LogP contribution in [-0.2, 0) is 4.79 Å². The molecule has 8 heteroatoms. The Morgan fingerprint density at radius 2 is 1.83 bits per heavy atom. The third kappa shape index (κ3) is 4.31. The van der Waals surface area contributed by atoms with Crippen LogP contribution in [-0.4, -0.2) is 53.5 Å². The number of halogens is 1. The summed E-state index contributed by atoms with van der Waals surface area (Å²) in [6, 6.07) is 7.49. The molecule has 1 saturated heterocycles. The van der Waals surface area contributed by atoms with Crippen LogP contribution in [0.3, 0.4) is 0 Å². The Kier molecular flexibility index (Phi) is 5.87. The fourth-order valence-electron chi connectivity index (χ4n) is 4.07. The van der Waals surface area contributed by atoms with Gasteiger partial charge in [0.1, 0.15) is 18.0 Å². The predicted molar refractivity (Wildman–Crippen MR) is 115 cm³/mol. The number of hydrogen-bond donors (Lipinski definition) is 2. The lowest BCUT2D eigenvalue weighted by molar-refractivity contribution is -0.133. The molecule has 1 aromatic carbocycles. The summed E-state index contributed by atoms with van der Waals surface area (Å²) in [5.74, 6) is 1.89. The van der Waals surface area contributed by atoms with E-state index < -0.39 is 0 Å². The number of nitrogens with zero attached hydrogens (tertiary/aromatic N) is 4. The van der Waals surface area contributed by atoms with Gasteiger partial charge < -0.3 is 21.3 Å². The molecule has 2 fully saturated rings. The standard InChI is InChI=1S/C21H27ClN6O/c22-16-5-3-14(4-6-16)17(7-8-23)21(29)28-11-9-27(10-12-28)20-18(15-1-2-15)19(24)25-13-26-20/h3-6,13,15,17H,1-2,7-12,23H2,(H2,24,25,26). The SMILES string of the molecule is NCCC(C(=O)N1CCN(c2ncnc(N)c2C2CC2)CC1)c1ccc(Cl)cc1. The lowest BCUT2D eigenvalue weighted by Crippen LogP contribution is -2.50. The zero-order valence-corrected chi connectivity index (χ0v) is 17.2. The Morgan fingerprint density at radius 1 is 1.14 bits per heavy atom. The Bertz CT molecular complexity index is 862. The molecule has 0 bridgehead atoms. The minimum Gasteiger partial charge on any atom is -0.383 e. The second-order valence-corrected chi connectivity index (χ2v) is 8.20. The van der Waals surface area contributed by atoms with Gasteiger partial charge in [0.2, 0.25) is 5.91 Å². The number of aromatic nitrogens is 2. The molecule has 1 saturated carbocycles. The minimum atomic E-state index is -0.236. The number of benzene rings is 1. The van der Waals surface area contributed by atoms with E-state index in [1.807, 2.05) is 29.2 Å². The first-order chi connectivity index (χ1) is 14.1. The van der Waals surface area contributed by atoms with E-state index in [-0.39, 0.29) is 11.8 Å². The van der Waals surface area contributed by atoms with Crippen LogP contribution in [0.25, 0.3) is 0 Å². The summed E-state index contributed by atoms with van der Waals surface area (Å²) < 4.78 is 0. The van der Waals surface area contributed by atoms with E-state index >= 15 is 0 Å². The monoisotopic (exact) mass is 414 g/mol. The highest BCUT2D eigenvalue weighted by molar-refractivity contribution is 6.30. The summed E-state index contributed by atoms with van der Waals surface area (Å²) in [5.41, 5.74) is 14.0. The largest absolute Gasteiger partial charge is 0.383 e. The molecule has 4 N–H and O–H groups in total. The predicted octanol–water partition coefficient (Wildman–Crippen LogP) is 2.37. The molecule has 7 nitrogen and oxygen atoms in total. The summed E-state index contributed by atoms with van der Waals surface area (Å²) >= 11 is 6.00. The third-order valence-electron chi connectivity index (χ3n) is 5.80. The lowest BCUT2D eigenvalue weighted by Gasteiger charge is -2.37. The van der Waals surface area contributed by atoms with Crippen molar-refractivity contribution in [2.45, 2.75) is 31.1 Å². The van der Waals surface area contributed by atoms with E-state index in [0.29, 0.717) is 42.8 Å². The van der Waals surface area contributed by atoms with Crippen molar-refractivity contribution in [1.82, 2.24) is 14.9 Å². The van der Waals surface area contributed by atoms with Crippen LogP contribution < -0.4 is 16.4 Å². The van der Waals surface area contributed by atoms with E-state index in [1.54, 1.807) is 0 Å². The molecule has 1 unspecified atom stereocenters. The van der Waals surface area contributed by atoms with Gasteiger partial charge in [0.15, 0.2) is 0 Å². The highest BCUT2D eigenvalue weighted by Gasteiger charge is 2.33. The topological polar surface area (TPSA) is 101 Å².